The molecule has 41 heavy (non-hydrogen) atoms. The van der Waals surface area contributed by atoms with Gasteiger partial charge in [-0.1, -0.05) is 220 Å². The van der Waals surface area contributed by atoms with Crippen LogP contribution < -0.4 is 0 Å². The fourth-order valence-corrected chi connectivity index (χ4v) is 6.50. The third kappa shape index (κ3) is 32.7. The van der Waals surface area contributed by atoms with Crippen molar-refractivity contribution in [2.24, 2.45) is 0 Å². The smallest absolute Gasteiger partial charge is 0.0578 e. The van der Waals surface area contributed by atoms with Gasteiger partial charge in [0.05, 0.1) is 12.2 Å². The summed E-state index contributed by atoms with van der Waals surface area (Å²) in [6.45, 7) is 9.29. The molecule has 0 radical (unpaired) electrons. The molecule has 0 aliphatic carbocycles. The Hall–Kier alpha value is -0.0400. The van der Waals surface area contributed by atoms with Gasteiger partial charge < -0.3 is 4.74 Å². The molecule has 0 spiro atoms. The van der Waals surface area contributed by atoms with Gasteiger partial charge in [-0.25, -0.2) is 0 Å². The Morgan fingerprint density at radius 3 is 0.659 bits per heavy atom. The van der Waals surface area contributed by atoms with Crippen molar-refractivity contribution < 1.29 is 4.74 Å². The molecule has 0 fully saturated rings. The van der Waals surface area contributed by atoms with E-state index in [4.69, 9.17) is 4.74 Å². The zero-order chi connectivity index (χ0) is 29.9. The van der Waals surface area contributed by atoms with Gasteiger partial charge in [0.25, 0.3) is 0 Å². The Bertz CT molecular complexity index is 406. The summed E-state index contributed by atoms with van der Waals surface area (Å²) in [5.74, 6) is 0. The number of rotatable bonds is 36. The molecule has 1 heteroatoms. The normalized spacial score (nSPS) is 13.2. The van der Waals surface area contributed by atoms with E-state index in [1.165, 1.54) is 218 Å². The molecule has 0 rings (SSSR count). The number of hydrogen-bond acceptors (Lipinski definition) is 1. The minimum atomic E-state index is 0.522. The summed E-state index contributed by atoms with van der Waals surface area (Å²) in [5.41, 5.74) is 0. The fraction of sp³-hybridized carbons (Fsp3) is 1.00. The second-order valence-electron chi connectivity index (χ2n) is 13.7. The van der Waals surface area contributed by atoms with Crippen LogP contribution in [0.2, 0.25) is 0 Å². The third-order valence-corrected chi connectivity index (χ3v) is 9.40. The first-order valence-electron chi connectivity index (χ1n) is 19.9. The lowest BCUT2D eigenvalue weighted by Gasteiger charge is -2.26. The molecule has 0 aromatic rings. The quantitative estimate of drug-likeness (QED) is 0.0672. The molecule has 0 aliphatic heterocycles. The maximum Gasteiger partial charge on any atom is 0.0578 e. The summed E-state index contributed by atoms with van der Waals surface area (Å²) in [7, 11) is 0. The molecule has 0 aliphatic rings. The topological polar surface area (TPSA) is 9.23 Å². The van der Waals surface area contributed by atoms with E-state index in [9.17, 15) is 0 Å². The molecule has 0 saturated heterocycles. The minimum Gasteiger partial charge on any atom is -0.375 e. The maximum absolute atomic E-state index is 6.94. The number of unbranched alkanes of at least 4 members (excludes halogenated alkanes) is 26. The Morgan fingerprint density at radius 2 is 0.415 bits per heavy atom. The van der Waals surface area contributed by atoms with Crippen molar-refractivity contribution in [3.63, 3.8) is 0 Å². The van der Waals surface area contributed by atoms with Crippen LogP contribution in [0.3, 0.4) is 0 Å². The van der Waals surface area contributed by atoms with Crippen LogP contribution in [0.4, 0.5) is 0 Å². The molecule has 2 atom stereocenters. The Balaban J connectivity index is 4.17. The monoisotopic (exact) mass is 579 g/mol. The van der Waals surface area contributed by atoms with Crippen LogP contribution in [0, 0.1) is 0 Å². The lowest BCUT2D eigenvalue weighted by Crippen LogP contribution is -2.23. The largest absolute Gasteiger partial charge is 0.375 e. The van der Waals surface area contributed by atoms with Crippen LogP contribution in [0.15, 0.2) is 0 Å². The van der Waals surface area contributed by atoms with E-state index in [2.05, 4.69) is 27.7 Å². The van der Waals surface area contributed by atoms with E-state index in [1.807, 2.05) is 0 Å². The molecule has 2 unspecified atom stereocenters. The molecule has 0 amide bonds. The molecule has 0 N–H and O–H groups in total. The molecule has 248 valence electrons. The van der Waals surface area contributed by atoms with Gasteiger partial charge >= 0.3 is 0 Å². The van der Waals surface area contributed by atoms with Gasteiger partial charge in [-0.15, -0.1) is 0 Å². The van der Waals surface area contributed by atoms with Crippen molar-refractivity contribution in [1.29, 1.82) is 0 Å². The Morgan fingerprint density at radius 1 is 0.244 bits per heavy atom. The van der Waals surface area contributed by atoms with Gasteiger partial charge in [-0.05, 0) is 25.7 Å². The Kier molecular flexibility index (Phi) is 36.1. The van der Waals surface area contributed by atoms with Crippen molar-refractivity contribution in [3.8, 4) is 0 Å². The molecule has 1 nitrogen and oxygen atoms in total. The highest BCUT2D eigenvalue weighted by Gasteiger charge is 2.16. The molecular weight excluding hydrogens is 496 g/mol. The third-order valence-electron chi connectivity index (χ3n) is 9.40. The number of hydrogen-bond donors (Lipinski definition) is 0. The van der Waals surface area contributed by atoms with E-state index in [-0.39, 0.29) is 0 Å². The minimum absolute atomic E-state index is 0.522. The van der Waals surface area contributed by atoms with Crippen LogP contribution in [-0.4, -0.2) is 12.2 Å². The predicted octanol–water partition coefficient (Wildman–Crippen LogP) is 15.1. The average Bonchev–Trinajstić information content (AvgIpc) is 2.98. The zero-order valence-corrected chi connectivity index (χ0v) is 29.6. The van der Waals surface area contributed by atoms with Crippen LogP contribution in [0.1, 0.15) is 246 Å². The standard InChI is InChI=1S/C40H82O/c1-5-9-13-15-17-19-21-23-25-27-29-33-37-39(35-31-11-7-3)41-40(36-32-12-8-4)38-34-30-28-26-24-22-20-18-16-14-10-6-2/h39-40H,5-38H2,1-4H3. The van der Waals surface area contributed by atoms with Crippen LogP contribution in [0.5, 0.6) is 0 Å². The molecular formula is C40H82O. The molecule has 0 aromatic heterocycles. The van der Waals surface area contributed by atoms with Gasteiger partial charge in [-0.2, -0.15) is 0 Å². The lowest BCUT2D eigenvalue weighted by atomic mass is 10.00. The van der Waals surface area contributed by atoms with E-state index < -0.39 is 0 Å². The van der Waals surface area contributed by atoms with Crippen LogP contribution >= 0.6 is 0 Å². The summed E-state index contributed by atoms with van der Waals surface area (Å²) >= 11 is 0. The second-order valence-corrected chi connectivity index (χ2v) is 13.7. The summed E-state index contributed by atoms with van der Waals surface area (Å²) < 4.78 is 6.94. The highest BCUT2D eigenvalue weighted by molar-refractivity contribution is 4.67. The summed E-state index contributed by atoms with van der Waals surface area (Å²) in [6.07, 6.45) is 48.9. The lowest BCUT2D eigenvalue weighted by molar-refractivity contribution is -0.0323. The zero-order valence-electron chi connectivity index (χ0n) is 29.6. The summed E-state index contributed by atoms with van der Waals surface area (Å²) in [6, 6.07) is 0. The van der Waals surface area contributed by atoms with Crippen molar-refractivity contribution in [3.05, 3.63) is 0 Å². The number of ether oxygens (including phenoxy) is 1. The van der Waals surface area contributed by atoms with Crippen molar-refractivity contribution in [2.45, 2.75) is 258 Å². The first-order chi connectivity index (χ1) is 20.3. The van der Waals surface area contributed by atoms with E-state index in [0.717, 1.165) is 0 Å². The van der Waals surface area contributed by atoms with Gasteiger partial charge in [0.15, 0.2) is 0 Å². The average molecular weight is 579 g/mol. The van der Waals surface area contributed by atoms with Gasteiger partial charge in [0, 0.05) is 0 Å². The van der Waals surface area contributed by atoms with Crippen molar-refractivity contribution in [2.75, 3.05) is 0 Å². The molecule has 0 saturated carbocycles. The second kappa shape index (κ2) is 36.2. The van der Waals surface area contributed by atoms with Crippen molar-refractivity contribution >= 4 is 0 Å². The molecule has 0 heterocycles. The molecule has 0 bridgehead atoms. The maximum atomic E-state index is 6.94. The van der Waals surface area contributed by atoms with E-state index in [1.54, 1.807) is 0 Å². The SMILES string of the molecule is CCCCCCCCCCCCCCC(CCCCC)OC(CCCCC)CCCCCCCCCCCCCC. The van der Waals surface area contributed by atoms with Crippen LogP contribution in [-0.2, 0) is 4.74 Å². The van der Waals surface area contributed by atoms with E-state index in [0.29, 0.717) is 12.2 Å². The molecule has 0 aromatic carbocycles. The van der Waals surface area contributed by atoms with Gasteiger partial charge in [0.1, 0.15) is 0 Å². The van der Waals surface area contributed by atoms with Crippen molar-refractivity contribution in [1.82, 2.24) is 0 Å². The summed E-state index contributed by atoms with van der Waals surface area (Å²) in [4.78, 5) is 0. The van der Waals surface area contributed by atoms with E-state index >= 15 is 0 Å². The first-order valence-corrected chi connectivity index (χ1v) is 19.9. The van der Waals surface area contributed by atoms with Gasteiger partial charge in [0.2, 0.25) is 0 Å². The summed E-state index contributed by atoms with van der Waals surface area (Å²) in [5, 5.41) is 0. The Labute approximate surface area is 262 Å². The van der Waals surface area contributed by atoms with Gasteiger partial charge in [-0.3, -0.25) is 0 Å². The highest BCUT2D eigenvalue weighted by Crippen LogP contribution is 2.23. The fourth-order valence-electron chi connectivity index (χ4n) is 6.50. The first kappa shape index (κ1) is 41.0. The van der Waals surface area contributed by atoms with Crippen LogP contribution in [0.25, 0.3) is 0 Å². The predicted molar refractivity (Wildman–Crippen MR) is 188 cm³/mol. The highest BCUT2D eigenvalue weighted by atomic mass is 16.5.